The van der Waals surface area contributed by atoms with Crippen molar-refractivity contribution >= 4 is 29.4 Å². The van der Waals surface area contributed by atoms with E-state index in [0.29, 0.717) is 17.9 Å². The number of carbonyl (C=O) groups excluding carboxylic acids is 1. The van der Waals surface area contributed by atoms with E-state index in [9.17, 15) is 9.90 Å². The zero-order valence-corrected chi connectivity index (χ0v) is 17.5. The lowest BCUT2D eigenvalue weighted by molar-refractivity contribution is -0.107. The van der Waals surface area contributed by atoms with E-state index in [1.54, 1.807) is 11.9 Å². The van der Waals surface area contributed by atoms with E-state index < -0.39 is 5.60 Å². The normalized spacial score (nSPS) is 16.6. The van der Waals surface area contributed by atoms with E-state index in [1.165, 1.54) is 5.56 Å². The van der Waals surface area contributed by atoms with Gasteiger partial charge in [0.2, 0.25) is 6.41 Å². The molecule has 28 heavy (non-hydrogen) atoms. The minimum Gasteiger partial charge on any atom is -0.385 e. The average molecular weight is 402 g/mol. The van der Waals surface area contributed by atoms with Gasteiger partial charge in [-0.3, -0.25) is 9.69 Å². The molecule has 0 spiro atoms. The highest BCUT2D eigenvalue weighted by Crippen LogP contribution is 2.34. The number of halogens is 1. The fraction of sp³-hybridized carbons (Fsp3) is 0.409. The van der Waals surface area contributed by atoms with Gasteiger partial charge >= 0.3 is 0 Å². The van der Waals surface area contributed by atoms with Crippen LogP contribution in [0.3, 0.4) is 0 Å². The predicted octanol–water partition coefficient (Wildman–Crippen LogP) is 3.48. The van der Waals surface area contributed by atoms with Gasteiger partial charge in [0.15, 0.2) is 0 Å². The number of rotatable bonds is 6. The second-order valence-electron chi connectivity index (χ2n) is 7.75. The number of aliphatic hydroxyl groups is 1. The molecule has 0 saturated carbocycles. The molecular formula is C22H28ClN3O2. The Balaban J connectivity index is 1.68. The van der Waals surface area contributed by atoms with Crippen molar-refractivity contribution in [2.24, 2.45) is 0 Å². The van der Waals surface area contributed by atoms with E-state index in [-0.39, 0.29) is 0 Å². The van der Waals surface area contributed by atoms with Gasteiger partial charge in [0.25, 0.3) is 0 Å². The van der Waals surface area contributed by atoms with Gasteiger partial charge in [-0.15, -0.1) is 0 Å². The number of hydrogen-bond acceptors (Lipinski definition) is 4. The Kier molecular flexibility index (Phi) is 6.28. The van der Waals surface area contributed by atoms with Crippen LogP contribution in [-0.2, 0) is 16.9 Å². The summed E-state index contributed by atoms with van der Waals surface area (Å²) in [6, 6.07) is 13.7. The van der Waals surface area contributed by atoms with Crippen LogP contribution in [0, 0.1) is 0 Å². The molecule has 0 radical (unpaired) electrons. The summed E-state index contributed by atoms with van der Waals surface area (Å²) in [4.78, 5) is 17.1. The molecule has 6 heteroatoms. The molecule has 0 bridgehead atoms. The molecule has 1 amide bonds. The van der Waals surface area contributed by atoms with Crippen molar-refractivity contribution in [3.8, 4) is 0 Å². The Morgan fingerprint density at radius 2 is 1.71 bits per heavy atom. The highest BCUT2D eigenvalue weighted by atomic mass is 35.5. The van der Waals surface area contributed by atoms with Crippen LogP contribution in [0.1, 0.15) is 24.0 Å². The van der Waals surface area contributed by atoms with Gasteiger partial charge in [-0.05, 0) is 48.2 Å². The number of benzene rings is 2. The first-order valence-corrected chi connectivity index (χ1v) is 9.89. The molecule has 150 valence electrons. The minimum absolute atomic E-state index is 0.685. The van der Waals surface area contributed by atoms with E-state index in [4.69, 9.17) is 11.6 Å². The fourth-order valence-electron chi connectivity index (χ4n) is 3.77. The minimum atomic E-state index is -0.785. The Morgan fingerprint density at radius 3 is 2.29 bits per heavy atom. The van der Waals surface area contributed by atoms with E-state index in [0.717, 1.165) is 43.0 Å². The van der Waals surface area contributed by atoms with Crippen LogP contribution in [0.25, 0.3) is 0 Å². The number of anilines is 2. The Bertz CT molecular complexity index is 815. The average Bonchev–Trinajstić information content (AvgIpc) is 2.69. The van der Waals surface area contributed by atoms with Crippen molar-refractivity contribution in [3.05, 3.63) is 58.6 Å². The monoisotopic (exact) mass is 401 g/mol. The van der Waals surface area contributed by atoms with Crippen LogP contribution in [0.2, 0.25) is 5.02 Å². The number of carbonyl (C=O) groups is 1. The van der Waals surface area contributed by atoms with Crippen molar-refractivity contribution in [1.82, 2.24) is 4.90 Å². The van der Waals surface area contributed by atoms with Gasteiger partial charge in [0, 0.05) is 45.8 Å². The first-order valence-electron chi connectivity index (χ1n) is 9.51. The molecule has 0 atom stereocenters. The van der Waals surface area contributed by atoms with Crippen LogP contribution in [0.5, 0.6) is 0 Å². The van der Waals surface area contributed by atoms with Crippen LogP contribution < -0.4 is 9.80 Å². The van der Waals surface area contributed by atoms with Gasteiger partial charge in [-0.2, -0.15) is 0 Å². The summed E-state index contributed by atoms with van der Waals surface area (Å²) in [6.07, 6.45) is 2.21. The zero-order valence-electron chi connectivity index (χ0n) is 16.7. The molecule has 1 heterocycles. The van der Waals surface area contributed by atoms with Gasteiger partial charge in [0.1, 0.15) is 0 Å². The maximum Gasteiger partial charge on any atom is 0.213 e. The second-order valence-corrected chi connectivity index (χ2v) is 8.18. The van der Waals surface area contributed by atoms with E-state index in [2.05, 4.69) is 17.0 Å². The van der Waals surface area contributed by atoms with Crippen molar-refractivity contribution in [3.63, 3.8) is 0 Å². The lowest BCUT2D eigenvalue weighted by Gasteiger charge is -2.38. The van der Waals surface area contributed by atoms with Gasteiger partial charge in [-0.25, -0.2) is 0 Å². The van der Waals surface area contributed by atoms with Gasteiger partial charge < -0.3 is 14.9 Å². The zero-order chi connectivity index (χ0) is 20.3. The van der Waals surface area contributed by atoms with E-state index >= 15 is 0 Å². The lowest BCUT2D eigenvalue weighted by atomic mass is 9.84. The van der Waals surface area contributed by atoms with Crippen LogP contribution >= 0.6 is 11.6 Å². The standard InChI is InChI=1S/C22H28ClN3O2/c1-24(2)21-14-17(4-9-20(21)25(3)16-27)15-26-12-10-22(28,11-13-26)18-5-7-19(23)8-6-18/h4-9,14,16,28H,10-13,15H2,1-3H3. The Labute approximate surface area is 172 Å². The molecule has 2 aromatic rings. The summed E-state index contributed by atoms with van der Waals surface area (Å²) in [5.74, 6) is 0. The highest BCUT2D eigenvalue weighted by molar-refractivity contribution is 6.30. The quantitative estimate of drug-likeness (QED) is 0.753. The van der Waals surface area contributed by atoms with Crippen molar-refractivity contribution < 1.29 is 9.90 Å². The molecule has 2 aromatic carbocycles. The molecule has 0 aromatic heterocycles. The molecule has 0 aliphatic carbocycles. The number of amides is 1. The number of likely N-dealkylation sites (tertiary alicyclic amines) is 1. The summed E-state index contributed by atoms with van der Waals surface area (Å²) in [6.45, 7) is 2.47. The highest BCUT2D eigenvalue weighted by Gasteiger charge is 2.33. The number of piperidine rings is 1. The van der Waals surface area contributed by atoms with E-state index in [1.807, 2.05) is 49.3 Å². The first-order chi connectivity index (χ1) is 13.3. The molecule has 1 N–H and O–H groups in total. The SMILES string of the molecule is CN(C)c1cc(CN2CCC(O)(c3ccc(Cl)cc3)CC2)ccc1N(C)C=O. The first kappa shape index (κ1) is 20.6. The third kappa shape index (κ3) is 4.49. The van der Waals surface area contributed by atoms with Crippen molar-refractivity contribution in [2.45, 2.75) is 25.0 Å². The number of nitrogens with zero attached hydrogens (tertiary/aromatic N) is 3. The van der Waals surface area contributed by atoms with Crippen LogP contribution in [0.4, 0.5) is 11.4 Å². The maximum atomic E-state index is 11.1. The molecule has 1 aliphatic rings. The smallest absolute Gasteiger partial charge is 0.213 e. The molecule has 0 unspecified atom stereocenters. The van der Waals surface area contributed by atoms with Gasteiger partial charge in [-0.1, -0.05) is 29.8 Å². The Hall–Kier alpha value is -2.08. The summed E-state index contributed by atoms with van der Waals surface area (Å²) in [5, 5.41) is 11.7. The number of hydrogen-bond donors (Lipinski definition) is 1. The topological polar surface area (TPSA) is 47.0 Å². The third-order valence-electron chi connectivity index (χ3n) is 5.53. The molecule has 1 saturated heterocycles. The second kappa shape index (κ2) is 8.52. The fourth-order valence-corrected chi connectivity index (χ4v) is 3.89. The van der Waals surface area contributed by atoms with Crippen LogP contribution in [0.15, 0.2) is 42.5 Å². The molecular weight excluding hydrogens is 374 g/mol. The van der Waals surface area contributed by atoms with Crippen LogP contribution in [-0.4, -0.2) is 50.6 Å². The molecule has 5 nitrogen and oxygen atoms in total. The summed E-state index contributed by atoms with van der Waals surface area (Å²) in [5.41, 5.74) is 3.25. The summed E-state index contributed by atoms with van der Waals surface area (Å²) in [7, 11) is 5.72. The van der Waals surface area contributed by atoms with Crippen molar-refractivity contribution in [1.29, 1.82) is 0 Å². The molecule has 1 fully saturated rings. The molecule has 1 aliphatic heterocycles. The predicted molar refractivity (Wildman–Crippen MR) is 115 cm³/mol. The maximum absolute atomic E-state index is 11.1. The Morgan fingerprint density at radius 1 is 1.07 bits per heavy atom. The molecule has 3 rings (SSSR count). The summed E-state index contributed by atoms with van der Waals surface area (Å²) >= 11 is 5.97. The third-order valence-corrected chi connectivity index (χ3v) is 5.78. The van der Waals surface area contributed by atoms with Gasteiger partial charge in [0.05, 0.1) is 17.0 Å². The van der Waals surface area contributed by atoms with Crippen molar-refractivity contribution in [2.75, 3.05) is 44.0 Å². The summed E-state index contributed by atoms with van der Waals surface area (Å²) < 4.78 is 0. The lowest BCUT2D eigenvalue weighted by Crippen LogP contribution is -2.42. The largest absolute Gasteiger partial charge is 0.385 e.